The van der Waals surface area contributed by atoms with E-state index in [1.807, 2.05) is 24.3 Å². The van der Waals surface area contributed by atoms with Crippen molar-refractivity contribution in [3.05, 3.63) is 83.9 Å². The van der Waals surface area contributed by atoms with Crippen molar-refractivity contribution in [1.29, 1.82) is 0 Å². The number of halogens is 1. The van der Waals surface area contributed by atoms with E-state index in [9.17, 15) is 9.18 Å². The molecule has 0 radical (unpaired) electrons. The van der Waals surface area contributed by atoms with E-state index in [-0.39, 0.29) is 24.0 Å². The van der Waals surface area contributed by atoms with Crippen molar-refractivity contribution in [2.75, 3.05) is 25.6 Å². The molecule has 0 bridgehead atoms. The van der Waals surface area contributed by atoms with Gasteiger partial charge in [0, 0.05) is 30.5 Å². The van der Waals surface area contributed by atoms with E-state index in [1.165, 1.54) is 6.07 Å². The Kier molecular flexibility index (Phi) is 7.00. The second-order valence-electron chi connectivity index (χ2n) is 6.15. The first-order chi connectivity index (χ1) is 14.2. The number of benzene rings is 2. The zero-order valence-corrected chi connectivity index (χ0v) is 16.0. The molecule has 0 saturated heterocycles. The lowest BCUT2D eigenvalue weighted by atomic mass is 10.2. The van der Waals surface area contributed by atoms with Crippen molar-refractivity contribution < 1.29 is 18.7 Å². The Bertz CT molecular complexity index is 948. The van der Waals surface area contributed by atoms with Gasteiger partial charge < -0.3 is 20.1 Å². The van der Waals surface area contributed by atoms with Crippen molar-refractivity contribution in [2.45, 2.75) is 6.54 Å². The van der Waals surface area contributed by atoms with Crippen LogP contribution in [0.5, 0.6) is 11.5 Å². The van der Waals surface area contributed by atoms with Gasteiger partial charge in [0.05, 0.1) is 7.11 Å². The summed E-state index contributed by atoms with van der Waals surface area (Å²) in [5, 5.41) is 5.86. The Balaban J connectivity index is 1.47. The van der Waals surface area contributed by atoms with Crippen LogP contribution in [0.15, 0.2) is 66.9 Å². The number of nitrogens with one attached hydrogen (secondary N) is 2. The number of ether oxygens (including phenoxy) is 2. The van der Waals surface area contributed by atoms with Crippen LogP contribution in [0.4, 0.5) is 10.1 Å². The average molecular weight is 395 g/mol. The summed E-state index contributed by atoms with van der Waals surface area (Å²) in [7, 11) is 1.61. The van der Waals surface area contributed by atoms with Gasteiger partial charge >= 0.3 is 0 Å². The number of rotatable bonds is 9. The highest BCUT2D eigenvalue weighted by Gasteiger charge is 2.09. The number of hydrogen-bond acceptors (Lipinski definition) is 5. The lowest BCUT2D eigenvalue weighted by molar-refractivity contribution is 0.0945. The lowest BCUT2D eigenvalue weighted by Gasteiger charge is -2.10. The number of aromatic nitrogens is 1. The summed E-state index contributed by atoms with van der Waals surface area (Å²) in [5.74, 6) is 0.794. The molecule has 2 aromatic carbocycles. The maximum absolute atomic E-state index is 13.6. The van der Waals surface area contributed by atoms with Gasteiger partial charge in [0.1, 0.15) is 29.6 Å². The van der Waals surface area contributed by atoms with Gasteiger partial charge in [-0.05, 0) is 42.5 Å². The maximum Gasteiger partial charge on any atom is 0.270 e. The molecule has 1 aromatic heterocycles. The number of amides is 1. The van der Waals surface area contributed by atoms with Crippen LogP contribution in [-0.4, -0.2) is 31.2 Å². The van der Waals surface area contributed by atoms with Crippen molar-refractivity contribution >= 4 is 11.6 Å². The van der Waals surface area contributed by atoms with Crippen LogP contribution in [0, 0.1) is 5.82 Å². The molecule has 6 nitrogen and oxygen atoms in total. The Labute approximate surface area is 168 Å². The summed E-state index contributed by atoms with van der Waals surface area (Å²) in [6.07, 6.45) is 1.55. The van der Waals surface area contributed by atoms with Gasteiger partial charge in [0.25, 0.3) is 5.91 Å². The number of carbonyl (C=O) groups excluding carboxylic acids is 1. The van der Waals surface area contributed by atoms with E-state index in [4.69, 9.17) is 9.47 Å². The zero-order valence-electron chi connectivity index (χ0n) is 16.0. The van der Waals surface area contributed by atoms with Crippen molar-refractivity contribution in [1.82, 2.24) is 10.3 Å². The first kappa shape index (κ1) is 20.1. The third-order valence-corrected chi connectivity index (χ3v) is 4.15. The first-order valence-electron chi connectivity index (χ1n) is 9.14. The fourth-order valence-corrected chi connectivity index (χ4v) is 2.61. The smallest absolute Gasteiger partial charge is 0.270 e. The van der Waals surface area contributed by atoms with Crippen LogP contribution >= 0.6 is 0 Å². The zero-order chi connectivity index (χ0) is 20.5. The second-order valence-corrected chi connectivity index (χ2v) is 6.15. The molecular weight excluding hydrogens is 373 g/mol. The molecule has 0 aliphatic heterocycles. The molecule has 0 fully saturated rings. The molecule has 0 atom stereocenters. The van der Waals surface area contributed by atoms with E-state index < -0.39 is 0 Å². The fourth-order valence-electron chi connectivity index (χ4n) is 2.61. The number of nitrogens with zero attached hydrogens (tertiary/aromatic N) is 1. The van der Waals surface area contributed by atoms with E-state index in [0.717, 1.165) is 17.2 Å². The van der Waals surface area contributed by atoms with Crippen molar-refractivity contribution in [2.24, 2.45) is 0 Å². The second kappa shape index (κ2) is 10.1. The Morgan fingerprint density at radius 2 is 1.83 bits per heavy atom. The largest absolute Gasteiger partial charge is 0.497 e. The lowest BCUT2D eigenvalue weighted by Crippen LogP contribution is -2.24. The van der Waals surface area contributed by atoms with Gasteiger partial charge in [-0.25, -0.2) is 4.39 Å². The van der Waals surface area contributed by atoms with Crippen LogP contribution in [0.2, 0.25) is 0 Å². The minimum Gasteiger partial charge on any atom is -0.497 e. The molecule has 29 heavy (non-hydrogen) atoms. The topological polar surface area (TPSA) is 72.5 Å². The summed E-state index contributed by atoms with van der Waals surface area (Å²) in [4.78, 5) is 16.4. The third-order valence-electron chi connectivity index (χ3n) is 4.15. The fraction of sp³-hybridized carbons (Fsp3) is 0.182. The molecule has 7 heteroatoms. The van der Waals surface area contributed by atoms with Gasteiger partial charge in [-0.3, -0.25) is 9.78 Å². The molecule has 150 valence electrons. The van der Waals surface area contributed by atoms with E-state index >= 15 is 0 Å². The summed E-state index contributed by atoms with van der Waals surface area (Å²) in [5.41, 5.74) is 1.42. The molecule has 0 unspecified atom stereocenters. The predicted molar refractivity (Wildman–Crippen MR) is 109 cm³/mol. The summed E-state index contributed by atoms with van der Waals surface area (Å²) in [6.45, 7) is 1.09. The summed E-state index contributed by atoms with van der Waals surface area (Å²) in [6, 6.07) is 17.1. The monoisotopic (exact) mass is 395 g/mol. The van der Waals surface area contributed by atoms with Gasteiger partial charge in [0.2, 0.25) is 0 Å². The van der Waals surface area contributed by atoms with Gasteiger partial charge in [-0.15, -0.1) is 0 Å². The van der Waals surface area contributed by atoms with Crippen LogP contribution in [0.1, 0.15) is 16.1 Å². The number of anilines is 1. The van der Waals surface area contributed by atoms with E-state index in [1.54, 1.807) is 43.6 Å². The standard InChI is InChI=1S/C22H22FN3O3/c1-28-18-6-8-19(9-7-18)29-13-12-24-17-10-11-25-21(14-17)22(27)26-15-16-4-2-3-5-20(16)23/h2-11,14H,12-13,15H2,1H3,(H,24,25)(H,26,27). The van der Waals surface area contributed by atoms with Gasteiger partial charge in [-0.1, -0.05) is 18.2 Å². The molecule has 1 amide bonds. The van der Waals surface area contributed by atoms with Crippen molar-refractivity contribution in [3.8, 4) is 11.5 Å². The number of methoxy groups -OCH3 is 1. The Hall–Kier alpha value is -3.61. The first-order valence-corrected chi connectivity index (χ1v) is 9.14. The van der Waals surface area contributed by atoms with Crippen LogP contribution in [0.25, 0.3) is 0 Å². The van der Waals surface area contributed by atoms with Gasteiger partial charge in [-0.2, -0.15) is 0 Å². The summed E-state index contributed by atoms with van der Waals surface area (Å²) >= 11 is 0. The minimum absolute atomic E-state index is 0.0978. The molecule has 2 N–H and O–H groups in total. The third kappa shape index (κ3) is 5.93. The number of carbonyl (C=O) groups is 1. The molecule has 0 saturated carbocycles. The SMILES string of the molecule is COc1ccc(OCCNc2ccnc(C(=O)NCc3ccccc3F)c2)cc1. The molecule has 0 aliphatic carbocycles. The number of hydrogen-bond donors (Lipinski definition) is 2. The van der Waals surface area contributed by atoms with Gasteiger partial charge in [0.15, 0.2) is 0 Å². The number of pyridine rings is 1. The molecule has 1 heterocycles. The van der Waals surface area contributed by atoms with E-state index in [2.05, 4.69) is 15.6 Å². The van der Waals surface area contributed by atoms with E-state index in [0.29, 0.717) is 18.7 Å². The molecule has 3 aromatic rings. The van der Waals surface area contributed by atoms with Crippen molar-refractivity contribution in [3.63, 3.8) is 0 Å². The quantitative estimate of drug-likeness (QED) is 0.541. The van der Waals surface area contributed by atoms with Crippen LogP contribution in [-0.2, 0) is 6.54 Å². The maximum atomic E-state index is 13.6. The highest BCUT2D eigenvalue weighted by Crippen LogP contribution is 2.17. The Morgan fingerprint density at radius 1 is 1.07 bits per heavy atom. The van der Waals surface area contributed by atoms with Crippen LogP contribution in [0.3, 0.4) is 0 Å². The highest BCUT2D eigenvalue weighted by molar-refractivity contribution is 5.93. The molecule has 3 rings (SSSR count). The minimum atomic E-state index is -0.369. The normalized spacial score (nSPS) is 10.3. The molecule has 0 aliphatic rings. The predicted octanol–water partition coefficient (Wildman–Crippen LogP) is 3.65. The average Bonchev–Trinajstić information content (AvgIpc) is 2.76. The molecule has 0 spiro atoms. The summed E-state index contributed by atoms with van der Waals surface area (Å²) < 4.78 is 24.4. The van der Waals surface area contributed by atoms with Crippen LogP contribution < -0.4 is 20.1 Å². The Morgan fingerprint density at radius 3 is 2.59 bits per heavy atom. The highest BCUT2D eigenvalue weighted by atomic mass is 19.1. The molecular formula is C22H22FN3O3.